The van der Waals surface area contributed by atoms with Crippen molar-refractivity contribution in [2.24, 2.45) is 0 Å². The lowest BCUT2D eigenvalue weighted by Crippen LogP contribution is -2.16. The van der Waals surface area contributed by atoms with Crippen LogP contribution in [-0.4, -0.2) is 0 Å². The van der Waals surface area contributed by atoms with Gasteiger partial charge in [0.1, 0.15) is 11.2 Å². The summed E-state index contributed by atoms with van der Waals surface area (Å²) in [5.41, 5.74) is 20.7. The van der Waals surface area contributed by atoms with Gasteiger partial charge in [-0.25, -0.2) is 0 Å². The van der Waals surface area contributed by atoms with Crippen LogP contribution in [0.4, 0.5) is 17.1 Å². The van der Waals surface area contributed by atoms with Gasteiger partial charge in [-0.15, -0.1) is 0 Å². The highest BCUT2D eigenvalue weighted by Gasteiger charge is 2.37. The van der Waals surface area contributed by atoms with Gasteiger partial charge in [0.25, 0.3) is 0 Å². The third kappa shape index (κ3) is 5.01. The SMILES string of the molecule is CC1(C)c2ccccc2-c2ccc(-c3cc4c5cc(-c6ccc(N(c7ccccc7)c7ccc8c(c7)C(C)(C)c7ccccc7-8)cc6)ccc5oc4c4ccccc34)cc21. The van der Waals surface area contributed by atoms with Crippen LogP contribution in [0.2, 0.25) is 0 Å². The highest BCUT2D eigenvalue weighted by atomic mass is 16.3. The van der Waals surface area contributed by atoms with E-state index in [1.807, 2.05) is 0 Å². The van der Waals surface area contributed by atoms with Crippen molar-refractivity contribution < 1.29 is 4.42 Å². The molecule has 2 heteroatoms. The standard InChI is InChI=1S/C58H43NO/c1-57(2)51-20-12-10-17-43(51)45-29-24-38(33-53(45)57)48-35-50-49-32-37(25-31-55(49)60-56(50)47-19-9-8-16-42(47)48)36-22-26-40(27-23-36)59(39-14-6-5-7-15-39)41-28-30-46-44-18-11-13-21-52(44)58(3,4)54(46)34-41/h5-35H,1-4H3. The molecule has 10 aromatic rings. The molecule has 0 radical (unpaired) electrons. The Kier molecular flexibility index (Phi) is 7.36. The van der Waals surface area contributed by atoms with E-state index in [-0.39, 0.29) is 10.8 Å². The van der Waals surface area contributed by atoms with E-state index < -0.39 is 0 Å². The Morgan fingerprint density at radius 2 is 0.867 bits per heavy atom. The highest BCUT2D eigenvalue weighted by Crippen LogP contribution is 2.52. The molecule has 9 aromatic carbocycles. The van der Waals surface area contributed by atoms with Gasteiger partial charge in [-0.2, -0.15) is 0 Å². The topological polar surface area (TPSA) is 16.4 Å². The zero-order valence-electron chi connectivity index (χ0n) is 34.3. The summed E-state index contributed by atoms with van der Waals surface area (Å²) in [4.78, 5) is 2.38. The zero-order chi connectivity index (χ0) is 40.3. The van der Waals surface area contributed by atoms with Crippen LogP contribution in [0, 0.1) is 0 Å². The van der Waals surface area contributed by atoms with E-state index in [2.05, 4.69) is 221 Å². The molecule has 0 bridgehead atoms. The zero-order valence-corrected chi connectivity index (χ0v) is 34.3. The third-order valence-electron chi connectivity index (χ3n) is 13.7. The first kappa shape index (κ1) is 34.8. The molecule has 0 spiro atoms. The maximum atomic E-state index is 6.71. The molecule has 0 saturated heterocycles. The molecular weight excluding hydrogens is 727 g/mol. The molecule has 0 N–H and O–H groups in total. The fourth-order valence-corrected chi connectivity index (χ4v) is 10.5. The number of hydrogen-bond donors (Lipinski definition) is 0. The summed E-state index contributed by atoms with van der Waals surface area (Å²) in [6.07, 6.45) is 0. The van der Waals surface area contributed by atoms with Crippen LogP contribution in [0.3, 0.4) is 0 Å². The molecule has 286 valence electrons. The summed E-state index contributed by atoms with van der Waals surface area (Å²) < 4.78 is 6.71. The van der Waals surface area contributed by atoms with E-state index in [0.717, 1.165) is 55.5 Å². The first-order valence-electron chi connectivity index (χ1n) is 21.1. The molecule has 0 unspecified atom stereocenters. The fourth-order valence-electron chi connectivity index (χ4n) is 10.5. The Balaban J connectivity index is 0.949. The van der Waals surface area contributed by atoms with E-state index in [9.17, 15) is 0 Å². The first-order chi connectivity index (χ1) is 29.3. The van der Waals surface area contributed by atoms with Crippen molar-refractivity contribution in [2.75, 3.05) is 4.90 Å². The Hall–Kier alpha value is -7.16. The van der Waals surface area contributed by atoms with Crippen LogP contribution in [0.15, 0.2) is 192 Å². The van der Waals surface area contributed by atoms with Gasteiger partial charge >= 0.3 is 0 Å². The molecule has 2 aliphatic rings. The monoisotopic (exact) mass is 769 g/mol. The fraction of sp³-hybridized carbons (Fsp3) is 0.103. The molecule has 1 heterocycles. The van der Waals surface area contributed by atoms with Crippen LogP contribution in [-0.2, 0) is 10.8 Å². The van der Waals surface area contributed by atoms with Gasteiger partial charge in [-0.05, 0) is 133 Å². The second-order valence-corrected chi connectivity index (χ2v) is 17.7. The molecule has 0 amide bonds. The van der Waals surface area contributed by atoms with E-state index >= 15 is 0 Å². The average Bonchev–Trinajstić information content (AvgIpc) is 3.86. The predicted molar refractivity (Wildman–Crippen MR) is 252 cm³/mol. The van der Waals surface area contributed by atoms with Gasteiger partial charge < -0.3 is 9.32 Å². The Labute approximate surface area is 351 Å². The van der Waals surface area contributed by atoms with Crippen molar-refractivity contribution in [3.8, 4) is 44.5 Å². The minimum absolute atomic E-state index is 0.0720. The lowest BCUT2D eigenvalue weighted by molar-refractivity contribution is 0.660. The van der Waals surface area contributed by atoms with Crippen molar-refractivity contribution in [3.05, 3.63) is 210 Å². The molecule has 0 atom stereocenters. The van der Waals surface area contributed by atoms with Crippen molar-refractivity contribution in [3.63, 3.8) is 0 Å². The van der Waals surface area contributed by atoms with Crippen LogP contribution in [0.5, 0.6) is 0 Å². The summed E-state index contributed by atoms with van der Waals surface area (Å²) in [7, 11) is 0. The van der Waals surface area contributed by atoms with Gasteiger partial charge in [-0.3, -0.25) is 0 Å². The molecule has 0 aliphatic heterocycles. The van der Waals surface area contributed by atoms with Crippen LogP contribution >= 0.6 is 0 Å². The molecule has 60 heavy (non-hydrogen) atoms. The number of rotatable bonds is 5. The Morgan fingerprint density at radius 3 is 1.58 bits per heavy atom. The lowest BCUT2D eigenvalue weighted by atomic mass is 9.81. The molecule has 0 saturated carbocycles. The molecular formula is C58H43NO. The summed E-state index contributed by atoms with van der Waals surface area (Å²) in [6, 6.07) is 69.2. The second kappa shape index (κ2) is 12.7. The second-order valence-electron chi connectivity index (χ2n) is 17.7. The Morgan fingerprint density at radius 1 is 0.333 bits per heavy atom. The number of furan rings is 1. The lowest BCUT2D eigenvalue weighted by Gasteiger charge is -2.28. The van der Waals surface area contributed by atoms with Gasteiger partial charge in [0.15, 0.2) is 0 Å². The third-order valence-corrected chi connectivity index (χ3v) is 13.7. The number of nitrogens with zero attached hydrogens (tertiary/aromatic N) is 1. The van der Waals surface area contributed by atoms with Crippen LogP contribution in [0.25, 0.3) is 77.2 Å². The summed E-state index contributed by atoms with van der Waals surface area (Å²) in [5, 5.41) is 4.60. The highest BCUT2D eigenvalue weighted by molar-refractivity contribution is 6.19. The van der Waals surface area contributed by atoms with Gasteiger partial charge in [0.2, 0.25) is 0 Å². The number of para-hydroxylation sites is 1. The van der Waals surface area contributed by atoms with E-state index in [0.29, 0.717) is 0 Å². The van der Waals surface area contributed by atoms with E-state index in [4.69, 9.17) is 4.42 Å². The largest absolute Gasteiger partial charge is 0.455 e. The van der Waals surface area contributed by atoms with Gasteiger partial charge in [-0.1, -0.05) is 155 Å². The van der Waals surface area contributed by atoms with Crippen LogP contribution < -0.4 is 4.90 Å². The number of benzene rings is 9. The smallest absolute Gasteiger partial charge is 0.143 e. The van der Waals surface area contributed by atoms with Crippen molar-refractivity contribution >= 4 is 49.8 Å². The maximum absolute atomic E-state index is 6.71. The normalized spacial score (nSPS) is 14.3. The van der Waals surface area contributed by atoms with Crippen LogP contribution in [0.1, 0.15) is 49.9 Å². The molecule has 0 fully saturated rings. The number of fused-ring (bicyclic) bond motifs is 11. The van der Waals surface area contributed by atoms with Crippen molar-refractivity contribution in [1.82, 2.24) is 0 Å². The minimum atomic E-state index is -0.0816. The number of hydrogen-bond acceptors (Lipinski definition) is 2. The van der Waals surface area contributed by atoms with Crippen molar-refractivity contribution in [2.45, 2.75) is 38.5 Å². The molecule has 1 aromatic heterocycles. The molecule has 2 aliphatic carbocycles. The molecule has 12 rings (SSSR count). The average molecular weight is 770 g/mol. The van der Waals surface area contributed by atoms with E-state index in [1.165, 1.54) is 61.0 Å². The van der Waals surface area contributed by atoms with Gasteiger partial charge in [0, 0.05) is 44.1 Å². The minimum Gasteiger partial charge on any atom is -0.455 e. The molecule has 2 nitrogen and oxygen atoms in total. The quantitative estimate of drug-likeness (QED) is 0.173. The first-order valence-corrected chi connectivity index (χ1v) is 21.1. The maximum Gasteiger partial charge on any atom is 0.143 e. The summed E-state index contributed by atoms with van der Waals surface area (Å²) in [5.74, 6) is 0. The Bertz CT molecular complexity index is 3370. The summed E-state index contributed by atoms with van der Waals surface area (Å²) >= 11 is 0. The van der Waals surface area contributed by atoms with Crippen molar-refractivity contribution in [1.29, 1.82) is 0 Å². The number of anilines is 3. The van der Waals surface area contributed by atoms with Gasteiger partial charge in [0.05, 0.1) is 0 Å². The predicted octanol–water partition coefficient (Wildman–Crippen LogP) is 16.2. The van der Waals surface area contributed by atoms with E-state index in [1.54, 1.807) is 0 Å². The summed E-state index contributed by atoms with van der Waals surface area (Å²) in [6.45, 7) is 9.40.